The van der Waals surface area contributed by atoms with Crippen LogP contribution in [-0.2, 0) is 22.7 Å². The number of nitrogens with zero attached hydrogens (tertiary/aromatic N) is 2. The Morgan fingerprint density at radius 2 is 1.38 bits per heavy atom. The molecule has 47 heavy (non-hydrogen) atoms. The lowest BCUT2D eigenvalue weighted by Crippen LogP contribution is -2.53. The van der Waals surface area contributed by atoms with E-state index in [4.69, 9.17) is 25.1 Å². The maximum Gasteiger partial charge on any atom is 0.490 e. The lowest BCUT2D eigenvalue weighted by atomic mass is 10.00. The minimum atomic E-state index is -5.08. The molecule has 0 spiro atoms. The van der Waals surface area contributed by atoms with Crippen molar-refractivity contribution in [1.29, 1.82) is 5.26 Å². The van der Waals surface area contributed by atoms with Crippen molar-refractivity contribution in [2.75, 3.05) is 13.1 Å². The third-order valence-electron chi connectivity index (χ3n) is 6.66. The molecule has 0 aliphatic carbocycles. The van der Waals surface area contributed by atoms with Gasteiger partial charge in [0.05, 0.1) is 11.6 Å². The number of nitrogens with one attached hydrogen (secondary N) is 2. The molecule has 0 bridgehead atoms. The van der Waals surface area contributed by atoms with E-state index in [1.807, 2.05) is 12.1 Å². The zero-order chi connectivity index (χ0) is 35.4. The van der Waals surface area contributed by atoms with Crippen LogP contribution in [0.2, 0.25) is 0 Å². The van der Waals surface area contributed by atoms with E-state index in [9.17, 15) is 31.1 Å². The first-order valence-corrected chi connectivity index (χ1v) is 13.9. The van der Waals surface area contributed by atoms with Gasteiger partial charge < -0.3 is 20.8 Å². The molecule has 3 aromatic carbocycles. The van der Waals surface area contributed by atoms with Gasteiger partial charge in [-0.3, -0.25) is 9.69 Å². The summed E-state index contributed by atoms with van der Waals surface area (Å²) in [5.41, 5.74) is 5.63. The smallest absolute Gasteiger partial charge is 0.475 e. The lowest BCUT2D eigenvalue weighted by molar-refractivity contribution is -0.193. The SMILES string of the molecule is CC1CN(Cc2cccc(-c3cccc(CNC(=O)c4cccc(C#N)c4)c3)c2)C(C)CN1.O=C(O)C(F)(F)F.O=C(O)C(F)(F)F. The standard InChI is InChI=1S/C28H30N4O.2C2HF3O2/c1-20-18-32(21(2)16-30-20)19-24-8-5-10-26(14-24)25-9-4-7-23(13-25)17-31-28(33)27-11-3-6-22(12-27)15-29;2*3-2(4,5)1(6)7/h3-14,20-21,30H,16-19H2,1-2H3,(H,31,33);2*(H,6,7). The number of aliphatic carboxylic acids is 2. The van der Waals surface area contributed by atoms with Gasteiger partial charge in [0.25, 0.3) is 5.91 Å². The van der Waals surface area contributed by atoms with E-state index in [1.54, 1.807) is 24.3 Å². The monoisotopic (exact) mass is 666 g/mol. The number of piperazine rings is 1. The summed E-state index contributed by atoms with van der Waals surface area (Å²) in [6, 6.07) is 26.9. The molecule has 0 aromatic heterocycles. The van der Waals surface area contributed by atoms with Crippen LogP contribution in [0.5, 0.6) is 0 Å². The lowest BCUT2D eigenvalue weighted by Gasteiger charge is -2.37. The molecule has 15 heteroatoms. The molecule has 9 nitrogen and oxygen atoms in total. The van der Waals surface area contributed by atoms with Crippen LogP contribution in [0, 0.1) is 11.3 Å². The number of halogens is 6. The molecule has 0 saturated carbocycles. The second-order valence-corrected chi connectivity index (χ2v) is 10.5. The van der Waals surface area contributed by atoms with Crippen molar-refractivity contribution in [2.45, 2.75) is 51.4 Å². The Balaban J connectivity index is 0.000000459. The van der Waals surface area contributed by atoms with Crippen molar-refractivity contribution in [3.63, 3.8) is 0 Å². The predicted octanol–water partition coefficient (Wildman–Crippen LogP) is 5.60. The number of carboxylic acids is 2. The van der Waals surface area contributed by atoms with Gasteiger partial charge in [-0.15, -0.1) is 0 Å². The number of nitriles is 1. The third kappa shape index (κ3) is 13.1. The maximum atomic E-state index is 12.5. The van der Waals surface area contributed by atoms with Crippen molar-refractivity contribution in [1.82, 2.24) is 15.5 Å². The highest BCUT2D eigenvalue weighted by Gasteiger charge is 2.38. The summed E-state index contributed by atoms with van der Waals surface area (Å²) in [5, 5.41) is 29.8. The maximum absolute atomic E-state index is 12.5. The summed E-state index contributed by atoms with van der Waals surface area (Å²) in [7, 11) is 0. The van der Waals surface area contributed by atoms with Gasteiger partial charge in [-0.05, 0) is 66.4 Å². The minimum Gasteiger partial charge on any atom is -0.475 e. The molecular formula is C32H32F6N4O5. The average molecular weight is 667 g/mol. The molecular weight excluding hydrogens is 634 g/mol. The van der Waals surface area contributed by atoms with Gasteiger partial charge in [0.2, 0.25) is 0 Å². The van der Waals surface area contributed by atoms with E-state index in [-0.39, 0.29) is 5.91 Å². The van der Waals surface area contributed by atoms with Crippen molar-refractivity contribution >= 4 is 17.8 Å². The molecule has 1 aliphatic heterocycles. The zero-order valence-corrected chi connectivity index (χ0v) is 25.2. The van der Waals surface area contributed by atoms with Crippen LogP contribution in [-0.4, -0.2) is 70.5 Å². The number of carboxylic acid groups (broad SMARTS) is 2. The highest BCUT2D eigenvalue weighted by atomic mass is 19.4. The van der Waals surface area contributed by atoms with Crippen molar-refractivity contribution < 1.29 is 50.9 Å². The van der Waals surface area contributed by atoms with E-state index in [1.165, 1.54) is 11.1 Å². The van der Waals surface area contributed by atoms with E-state index < -0.39 is 24.3 Å². The molecule has 1 amide bonds. The molecule has 1 fully saturated rings. The molecule has 2 unspecified atom stereocenters. The van der Waals surface area contributed by atoms with Crippen LogP contribution in [0.4, 0.5) is 26.3 Å². The number of alkyl halides is 6. The predicted molar refractivity (Wildman–Crippen MR) is 159 cm³/mol. The van der Waals surface area contributed by atoms with Gasteiger partial charge >= 0.3 is 24.3 Å². The van der Waals surface area contributed by atoms with E-state index in [0.717, 1.165) is 30.8 Å². The molecule has 1 heterocycles. The van der Waals surface area contributed by atoms with E-state index in [2.05, 4.69) is 71.8 Å². The highest BCUT2D eigenvalue weighted by molar-refractivity contribution is 5.94. The fourth-order valence-corrected chi connectivity index (χ4v) is 4.28. The Morgan fingerprint density at radius 1 is 0.872 bits per heavy atom. The Bertz CT molecular complexity index is 1550. The molecule has 4 N–H and O–H groups in total. The van der Waals surface area contributed by atoms with E-state index >= 15 is 0 Å². The van der Waals surface area contributed by atoms with Gasteiger partial charge in [-0.2, -0.15) is 31.6 Å². The molecule has 4 rings (SSSR count). The molecule has 1 aliphatic rings. The van der Waals surface area contributed by atoms with Gasteiger partial charge in [0.15, 0.2) is 0 Å². The van der Waals surface area contributed by atoms with Crippen LogP contribution < -0.4 is 10.6 Å². The second-order valence-electron chi connectivity index (χ2n) is 10.5. The number of amides is 1. The molecule has 3 aromatic rings. The number of hydrogen-bond donors (Lipinski definition) is 4. The number of hydrogen-bond acceptors (Lipinski definition) is 6. The van der Waals surface area contributed by atoms with Crippen LogP contribution in [0.25, 0.3) is 11.1 Å². The first-order chi connectivity index (χ1) is 21.9. The Labute approximate surface area is 266 Å². The number of carbonyl (C=O) groups excluding carboxylic acids is 1. The average Bonchev–Trinajstić information content (AvgIpc) is 3.01. The Morgan fingerprint density at radius 3 is 1.91 bits per heavy atom. The fraction of sp³-hybridized carbons (Fsp3) is 0.312. The molecule has 1 saturated heterocycles. The van der Waals surface area contributed by atoms with Crippen LogP contribution in [0.1, 0.15) is 40.9 Å². The third-order valence-corrected chi connectivity index (χ3v) is 6.66. The molecule has 0 radical (unpaired) electrons. The normalized spacial score (nSPS) is 16.3. The minimum absolute atomic E-state index is 0.182. The number of rotatable bonds is 6. The van der Waals surface area contributed by atoms with Crippen LogP contribution >= 0.6 is 0 Å². The van der Waals surface area contributed by atoms with Crippen LogP contribution in [0.3, 0.4) is 0 Å². The summed E-state index contributed by atoms with van der Waals surface area (Å²) in [6.45, 7) is 7.96. The Kier molecular flexibility index (Phi) is 13.9. The highest BCUT2D eigenvalue weighted by Crippen LogP contribution is 2.23. The zero-order valence-electron chi connectivity index (χ0n) is 25.2. The number of carbonyl (C=O) groups is 3. The quantitative estimate of drug-likeness (QED) is 0.249. The van der Waals surface area contributed by atoms with Gasteiger partial charge in [-0.1, -0.05) is 42.5 Å². The molecule has 2 atom stereocenters. The topological polar surface area (TPSA) is 143 Å². The Hall–Kier alpha value is -4.94. The second kappa shape index (κ2) is 17.1. The van der Waals surface area contributed by atoms with Gasteiger partial charge in [0, 0.05) is 43.8 Å². The largest absolute Gasteiger partial charge is 0.490 e. The van der Waals surface area contributed by atoms with Crippen molar-refractivity contribution in [3.05, 3.63) is 95.1 Å². The summed E-state index contributed by atoms with van der Waals surface area (Å²) in [4.78, 5) is 32.8. The van der Waals surface area contributed by atoms with Crippen molar-refractivity contribution in [3.8, 4) is 17.2 Å². The van der Waals surface area contributed by atoms with E-state index in [0.29, 0.717) is 29.8 Å². The summed E-state index contributed by atoms with van der Waals surface area (Å²) in [5.74, 6) is -5.70. The van der Waals surface area contributed by atoms with Gasteiger partial charge in [-0.25, -0.2) is 9.59 Å². The van der Waals surface area contributed by atoms with Gasteiger partial charge in [0.1, 0.15) is 0 Å². The first kappa shape index (κ1) is 38.2. The summed E-state index contributed by atoms with van der Waals surface area (Å²) in [6.07, 6.45) is -10.2. The van der Waals surface area contributed by atoms with Crippen molar-refractivity contribution in [2.24, 2.45) is 0 Å². The summed E-state index contributed by atoms with van der Waals surface area (Å²) < 4.78 is 63.5. The fourth-order valence-electron chi connectivity index (χ4n) is 4.28. The summed E-state index contributed by atoms with van der Waals surface area (Å²) >= 11 is 0. The van der Waals surface area contributed by atoms with Crippen LogP contribution in [0.15, 0.2) is 72.8 Å². The first-order valence-electron chi connectivity index (χ1n) is 13.9. The number of benzene rings is 3. The molecule has 252 valence electrons.